The second-order valence-corrected chi connectivity index (χ2v) is 4.91. The maximum atomic E-state index is 4.30. The van der Waals surface area contributed by atoms with E-state index in [2.05, 4.69) is 25.4 Å². The van der Waals surface area contributed by atoms with Crippen molar-refractivity contribution in [3.63, 3.8) is 0 Å². The van der Waals surface area contributed by atoms with Gasteiger partial charge in [-0.3, -0.25) is 0 Å². The van der Waals surface area contributed by atoms with E-state index in [9.17, 15) is 0 Å². The van der Waals surface area contributed by atoms with Crippen molar-refractivity contribution in [1.29, 1.82) is 0 Å². The van der Waals surface area contributed by atoms with E-state index in [-0.39, 0.29) is 0 Å². The van der Waals surface area contributed by atoms with Gasteiger partial charge < -0.3 is 5.32 Å². The van der Waals surface area contributed by atoms with Gasteiger partial charge in [0, 0.05) is 16.6 Å². The summed E-state index contributed by atoms with van der Waals surface area (Å²) in [5.74, 6) is 1.50. The van der Waals surface area contributed by atoms with E-state index in [1.165, 1.54) is 11.2 Å². The first-order valence-electron chi connectivity index (χ1n) is 5.54. The zero-order valence-corrected chi connectivity index (χ0v) is 10.9. The van der Waals surface area contributed by atoms with Gasteiger partial charge in [-0.2, -0.15) is 14.6 Å². The summed E-state index contributed by atoms with van der Waals surface area (Å²) in [5.41, 5.74) is 3.84. The van der Waals surface area contributed by atoms with Gasteiger partial charge in [0.25, 0.3) is 5.78 Å². The predicted molar refractivity (Wildman–Crippen MR) is 69.7 cm³/mol. The molecule has 3 rings (SSSR count). The Morgan fingerprint density at radius 2 is 2.22 bits per heavy atom. The van der Waals surface area contributed by atoms with Crippen molar-refractivity contribution in [2.75, 3.05) is 5.32 Å². The van der Waals surface area contributed by atoms with E-state index >= 15 is 0 Å². The van der Waals surface area contributed by atoms with Gasteiger partial charge in [-0.15, -0.1) is 11.3 Å². The number of aromatic nitrogens is 5. The summed E-state index contributed by atoms with van der Waals surface area (Å²) in [6.45, 7) is 4.68. The van der Waals surface area contributed by atoms with Crippen molar-refractivity contribution in [2.24, 2.45) is 0 Å². The molecule has 0 fully saturated rings. The van der Waals surface area contributed by atoms with Gasteiger partial charge in [0.15, 0.2) is 0 Å². The molecule has 92 valence electrons. The Balaban J connectivity index is 1.90. The summed E-state index contributed by atoms with van der Waals surface area (Å²) in [6, 6.07) is 1.96. The molecule has 3 heterocycles. The van der Waals surface area contributed by atoms with Crippen LogP contribution in [0.15, 0.2) is 17.9 Å². The largest absolute Gasteiger partial charge is 0.365 e. The van der Waals surface area contributed by atoms with Crippen molar-refractivity contribution < 1.29 is 0 Å². The lowest BCUT2D eigenvalue weighted by Gasteiger charge is -2.07. The Labute approximate surface area is 108 Å². The minimum Gasteiger partial charge on any atom is -0.365 e. The van der Waals surface area contributed by atoms with Crippen LogP contribution in [0.1, 0.15) is 16.3 Å². The second kappa shape index (κ2) is 4.34. The highest BCUT2D eigenvalue weighted by Gasteiger charge is 2.06. The van der Waals surface area contributed by atoms with Gasteiger partial charge in [0.1, 0.15) is 12.1 Å². The summed E-state index contributed by atoms with van der Waals surface area (Å²) in [4.78, 5) is 13.8. The molecular weight excluding hydrogens is 248 g/mol. The highest BCUT2D eigenvalue weighted by Crippen LogP contribution is 2.16. The molecule has 0 aromatic carbocycles. The number of thiazole rings is 1. The monoisotopic (exact) mass is 260 g/mol. The van der Waals surface area contributed by atoms with Gasteiger partial charge >= 0.3 is 0 Å². The SMILES string of the molecule is Cc1cc(NCc2scnc2C)n2ncnc2n1. The van der Waals surface area contributed by atoms with E-state index in [1.54, 1.807) is 15.9 Å². The highest BCUT2D eigenvalue weighted by molar-refractivity contribution is 7.09. The third kappa shape index (κ3) is 1.92. The molecular formula is C11H12N6S. The topological polar surface area (TPSA) is 68.0 Å². The Morgan fingerprint density at radius 3 is 3.00 bits per heavy atom. The maximum Gasteiger partial charge on any atom is 0.254 e. The number of hydrogen-bond acceptors (Lipinski definition) is 6. The Kier molecular flexibility index (Phi) is 2.67. The smallest absolute Gasteiger partial charge is 0.254 e. The molecule has 0 atom stereocenters. The first kappa shape index (κ1) is 11.1. The quantitative estimate of drug-likeness (QED) is 0.778. The third-order valence-electron chi connectivity index (χ3n) is 2.65. The minimum atomic E-state index is 0.610. The zero-order chi connectivity index (χ0) is 12.5. The molecule has 0 radical (unpaired) electrons. The average Bonchev–Trinajstić information content (AvgIpc) is 2.94. The van der Waals surface area contributed by atoms with Crippen LogP contribution in [-0.4, -0.2) is 24.6 Å². The van der Waals surface area contributed by atoms with Crippen LogP contribution < -0.4 is 5.32 Å². The fourth-order valence-electron chi connectivity index (χ4n) is 1.72. The minimum absolute atomic E-state index is 0.610. The fraction of sp³-hybridized carbons (Fsp3) is 0.273. The van der Waals surface area contributed by atoms with Crippen LogP contribution in [0, 0.1) is 13.8 Å². The first-order chi connectivity index (χ1) is 8.74. The van der Waals surface area contributed by atoms with Crippen molar-refractivity contribution >= 4 is 22.9 Å². The number of anilines is 1. The Hall–Kier alpha value is -2.02. The van der Waals surface area contributed by atoms with Crippen molar-refractivity contribution in [2.45, 2.75) is 20.4 Å². The van der Waals surface area contributed by atoms with Crippen molar-refractivity contribution in [1.82, 2.24) is 24.6 Å². The molecule has 0 aliphatic rings. The van der Waals surface area contributed by atoms with Gasteiger partial charge in [0.05, 0.1) is 17.7 Å². The molecule has 6 nitrogen and oxygen atoms in total. The molecule has 3 aromatic rings. The van der Waals surface area contributed by atoms with Gasteiger partial charge in [0.2, 0.25) is 0 Å². The van der Waals surface area contributed by atoms with Crippen molar-refractivity contribution in [3.05, 3.63) is 34.2 Å². The third-order valence-corrected chi connectivity index (χ3v) is 3.59. The molecule has 0 unspecified atom stereocenters. The van der Waals surface area contributed by atoms with Crippen molar-refractivity contribution in [3.8, 4) is 0 Å². The maximum absolute atomic E-state index is 4.30. The molecule has 0 aliphatic carbocycles. The van der Waals surface area contributed by atoms with Gasteiger partial charge in [-0.1, -0.05) is 0 Å². The molecule has 3 aromatic heterocycles. The van der Waals surface area contributed by atoms with Gasteiger partial charge in [-0.25, -0.2) is 9.97 Å². The number of nitrogens with one attached hydrogen (secondary N) is 1. The van der Waals surface area contributed by atoms with E-state index in [0.29, 0.717) is 5.78 Å². The molecule has 0 amide bonds. The molecule has 18 heavy (non-hydrogen) atoms. The fourth-order valence-corrected chi connectivity index (χ4v) is 2.44. The van der Waals surface area contributed by atoms with Crippen LogP contribution in [0.25, 0.3) is 5.78 Å². The molecule has 1 N–H and O–H groups in total. The van der Waals surface area contributed by atoms with Crippen LogP contribution in [0.4, 0.5) is 5.82 Å². The molecule has 0 spiro atoms. The number of aryl methyl sites for hydroxylation is 2. The lowest BCUT2D eigenvalue weighted by molar-refractivity contribution is 0.917. The predicted octanol–water partition coefficient (Wildman–Crippen LogP) is 1.81. The van der Waals surface area contributed by atoms with E-state index < -0.39 is 0 Å². The average molecular weight is 260 g/mol. The molecule has 0 saturated carbocycles. The molecule has 0 saturated heterocycles. The van der Waals surface area contributed by atoms with Crippen LogP contribution in [-0.2, 0) is 6.54 Å². The molecule has 0 bridgehead atoms. The summed E-state index contributed by atoms with van der Waals surface area (Å²) in [6.07, 6.45) is 1.50. The van der Waals surface area contributed by atoms with E-state index in [1.807, 2.05) is 25.4 Å². The number of hydrogen-bond donors (Lipinski definition) is 1. The van der Waals surface area contributed by atoms with Crippen LogP contribution in [0.3, 0.4) is 0 Å². The van der Waals surface area contributed by atoms with Crippen LogP contribution >= 0.6 is 11.3 Å². The first-order valence-corrected chi connectivity index (χ1v) is 6.42. The number of fused-ring (bicyclic) bond motifs is 1. The lowest BCUT2D eigenvalue weighted by atomic mass is 10.4. The van der Waals surface area contributed by atoms with Crippen LogP contribution in [0.2, 0.25) is 0 Å². The summed E-state index contributed by atoms with van der Waals surface area (Å²) >= 11 is 1.65. The second-order valence-electron chi connectivity index (χ2n) is 3.97. The number of nitrogens with zero attached hydrogens (tertiary/aromatic N) is 5. The zero-order valence-electron chi connectivity index (χ0n) is 10.1. The van der Waals surface area contributed by atoms with Gasteiger partial charge in [-0.05, 0) is 13.8 Å². The Morgan fingerprint density at radius 1 is 1.33 bits per heavy atom. The lowest BCUT2D eigenvalue weighted by Crippen LogP contribution is -2.06. The normalized spacial score (nSPS) is 11.0. The summed E-state index contributed by atoms with van der Waals surface area (Å²) in [7, 11) is 0. The summed E-state index contributed by atoms with van der Waals surface area (Å²) in [5, 5.41) is 7.50. The van der Waals surface area contributed by atoms with E-state index in [0.717, 1.165) is 23.8 Å². The molecule has 7 heteroatoms. The standard InChI is InChI=1S/C11H12N6S/c1-7-3-10(17-11(16-7)13-5-15-17)12-4-9-8(2)14-6-18-9/h3,5-6,12H,4H2,1-2H3. The van der Waals surface area contributed by atoms with Crippen LogP contribution in [0.5, 0.6) is 0 Å². The number of rotatable bonds is 3. The van der Waals surface area contributed by atoms with E-state index in [4.69, 9.17) is 0 Å². The molecule has 0 aliphatic heterocycles. The highest BCUT2D eigenvalue weighted by atomic mass is 32.1. The summed E-state index contributed by atoms with van der Waals surface area (Å²) < 4.78 is 1.70. The Bertz CT molecular complexity index is 686.